The number of likely N-dealkylation sites (tertiary alicyclic amines) is 1. The summed E-state index contributed by atoms with van der Waals surface area (Å²) in [5.41, 5.74) is 0.101. The lowest BCUT2D eigenvalue weighted by atomic mass is 9.68. The van der Waals surface area contributed by atoms with E-state index in [9.17, 15) is 9.59 Å². The standard InChI is InChI=1S/C18H31NO3/c1-14(2)7-8-18(10-12-22-17(3,4)13-18)9-11-19-15(20)5-6-16(19)21/h14H,5-13H2,1-4H3/t18-/m0/s1. The molecule has 0 aromatic heterocycles. The maximum atomic E-state index is 11.8. The van der Waals surface area contributed by atoms with Crippen LogP contribution in [0.5, 0.6) is 0 Å². The minimum absolute atomic E-state index is 0.00956. The number of hydrogen-bond acceptors (Lipinski definition) is 3. The minimum Gasteiger partial charge on any atom is -0.376 e. The number of nitrogens with zero attached hydrogens (tertiary/aromatic N) is 1. The highest BCUT2D eigenvalue weighted by molar-refractivity contribution is 6.01. The van der Waals surface area contributed by atoms with Crippen molar-refractivity contribution < 1.29 is 14.3 Å². The van der Waals surface area contributed by atoms with Crippen LogP contribution in [-0.2, 0) is 14.3 Å². The van der Waals surface area contributed by atoms with Crippen LogP contribution in [0.3, 0.4) is 0 Å². The van der Waals surface area contributed by atoms with Crippen LogP contribution in [0.2, 0.25) is 0 Å². The van der Waals surface area contributed by atoms with Gasteiger partial charge in [-0.3, -0.25) is 14.5 Å². The third kappa shape index (κ3) is 4.31. The van der Waals surface area contributed by atoms with E-state index in [1.165, 1.54) is 11.3 Å². The first kappa shape index (κ1) is 17.5. The van der Waals surface area contributed by atoms with E-state index in [2.05, 4.69) is 27.7 Å². The first-order valence-corrected chi connectivity index (χ1v) is 8.70. The van der Waals surface area contributed by atoms with Gasteiger partial charge in [0.05, 0.1) is 5.60 Å². The van der Waals surface area contributed by atoms with Gasteiger partial charge < -0.3 is 4.74 Å². The van der Waals surface area contributed by atoms with Gasteiger partial charge in [0.1, 0.15) is 0 Å². The molecule has 0 spiro atoms. The van der Waals surface area contributed by atoms with Crippen molar-refractivity contribution >= 4 is 11.8 Å². The van der Waals surface area contributed by atoms with Crippen molar-refractivity contribution in [2.45, 2.75) is 78.2 Å². The van der Waals surface area contributed by atoms with E-state index < -0.39 is 0 Å². The zero-order valence-electron chi connectivity index (χ0n) is 14.6. The summed E-state index contributed by atoms with van der Waals surface area (Å²) in [5.74, 6) is 0.698. The minimum atomic E-state index is -0.103. The topological polar surface area (TPSA) is 46.6 Å². The highest BCUT2D eigenvalue weighted by Gasteiger charge is 2.41. The van der Waals surface area contributed by atoms with Crippen molar-refractivity contribution in [3.63, 3.8) is 0 Å². The first-order valence-electron chi connectivity index (χ1n) is 8.70. The lowest BCUT2D eigenvalue weighted by Crippen LogP contribution is -2.43. The Labute approximate surface area is 134 Å². The van der Waals surface area contributed by atoms with Gasteiger partial charge in [0.15, 0.2) is 0 Å². The zero-order chi connectivity index (χ0) is 16.4. The van der Waals surface area contributed by atoms with Crippen LogP contribution in [0.4, 0.5) is 0 Å². The Hall–Kier alpha value is -0.900. The molecule has 0 bridgehead atoms. The van der Waals surface area contributed by atoms with Gasteiger partial charge in [-0.15, -0.1) is 0 Å². The van der Waals surface area contributed by atoms with E-state index in [1.54, 1.807) is 0 Å². The molecule has 2 rings (SSSR count). The summed E-state index contributed by atoms with van der Waals surface area (Å²) >= 11 is 0. The lowest BCUT2D eigenvalue weighted by molar-refractivity contribution is -0.140. The summed E-state index contributed by atoms with van der Waals surface area (Å²) in [7, 11) is 0. The Morgan fingerprint density at radius 1 is 1.14 bits per heavy atom. The van der Waals surface area contributed by atoms with E-state index in [0.29, 0.717) is 25.3 Å². The molecule has 0 aromatic carbocycles. The van der Waals surface area contributed by atoms with Crippen LogP contribution in [0.25, 0.3) is 0 Å². The number of ether oxygens (including phenoxy) is 1. The van der Waals surface area contributed by atoms with Crippen LogP contribution in [-0.4, -0.2) is 35.5 Å². The first-order chi connectivity index (χ1) is 10.2. The molecule has 0 unspecified atom stereocenters. The number of hydrogen-bond donors (Lipinski definition) is 0. The predicted molar refractivity (Wildman–Crippen MR) is 86.3 cm³/mol. The Kier molecular flexibility index (Phi) is 5.31. The summed E-state index contributed by atoms with van der Waals surface area (Å²) in [4.78, 5) is 25.2. The molecule has 2 fully saturated rings. The fourth-order valence-corrected chi connectivity index (χ4v) is 3.95. The van der Waals surface area contributed by atoms with Crippen LogP contribution < -0.4 is 0 Å². The fourth-order valence-electron chi connectivity index (χ4n) is 3.95. The summed E-state index contributed by atoms with van der Waals surface area (Å²) in [6.07, 6.45) is 6.12. The van der Waals surface area contributed by atoms with Crippen LogP contribution in [0.1, 0.15) is 72.6 Å². The Balaban J connectivity index is 2.04. The number of rotatable bonds is 6. The maximum Gasteiger partial charge on any atom is 0.229 e. The molecular weight excluding hydrogens is 278 g/mol. The van der Waals surface area contributed by atoms with Crippen molar-refractivity contribution in [2.24, 2.45) is 11.3 Å². The number of carbonyl (C=O) groups is 2. The molecule has 2 saturated heterocycles. The molecule has 0 aliphatic carbocycles. The van der Waals surface area contributed by atoms with E-state index in [0.717, 1.165) is 32.3 Å². The molecule has 2 amide bonds. The fraction of sp³-hybridized carbons (Fsp3) is 0.889. The Bertz CT molecular complexity index is 414. The van der Waals surface area contributed by atoms with E-state index >= 15 is 0 Å². The van der Waals surface area contributed by atoms with Crippen molar-refractivity contribution in [1.82, 2.24) is 4.90 Å². The van der Waals surface area contributed by atoms with Crippen LogP contribution in [0, 0.1) is 11.3 Å². The largest absolute Gasteiger partial charge is 0.376 e. The van der Waals surface area contributed by atoms with Crippen molar-refractivity contribution in [2.75, 3.05) is 13.2 Å². The highest BCUT2D eigenvalue weighted by atomic mass is 16.5. The maximum absolute atomic E-state index is 11.8. The van der Waals surface area contributed by atoms with Crippen LogP contribution in [0.15, 0.2) is 0 Å². The van der Waals surface area contributed by atoms with Crippen molar-refractivity contribution in [3.8, 4) is 0 Å². The summed E-state index contributed by atoms with van der Waals surface area (Å²) in [6, 6.07) is 0. The molecular formula is C18H31NO3. The third-order valence-electron chi connectivity index (χ3n) is 5.20. The van der Waals surface area contributed by atoms with Gasteiger partial charge in [-0.2, -0.15) is 0 Å². The van der Waals surface area contributed by atoms with Gasteiger partial charge >= 0.3 is 0 Å². The second-order valence-electron chi connectivity index (χ2n) is 8.16. The molecule has 4 nitrogen and oxygen atoms in total. The number of imide groups is 1. The van der Waals surface area contributed by atoms with E-state index in [-0.39, 0.29) is 22.8 Å². The molecule has 0 N–H and O–H groups in total. The molecule has 0 aromatic rings. The molecule has 2 heterocycles. The van der Waals surface area contributed by atoms with E-state index in [4.69, 9.17) is 4.74 Å². The number of amides is 2. The van der Waals surface area contributed by atoms with Gasteiger partial charge in [0, 0.05) is 26.0 Å². The van der Waals surface area contributed by atoms with Crippen molar-refractivity contribution in [1.29, 1.82) is 0 Å². The predicted octanol–water partition coefficient (Wildman–Crippen LogP) is 3.54. The van der Waals surface area contributed by atoms with E-state index in [1.807, 2.05) is 0 Å². The summed E-state index contributed by atoms with van der Waals surface area (Å²) in [6.45, 7) is 10.2. The molecule has 4 heteroatoms. The molecule has 0 saturated carbocycles. The van der Waals surface area contributed by atoms with Gasteiger partial charge in [-0.05, 0) is 50.9 Å². The smallest absolute Gasteiger partial charge is 0.229 e. The second-order valence-corrected chi connectivity index (χ2v) is 8.16. The number of carbonyl (C=O) groups excluding carboxylic acids is 2. The van der Waals surface area contributed by atoms with Gasteiger partial charge in [0.2, 0.25) is 11.8 Å². The Morgan fingerprint density at radius 3 is 2.32 bits per heavy atom. The molecule has 0 radical (unpaired) electrons. The monoisotopic (exact) mass is 309 g/mol. The van der Waals surface area contributed by atoms with Gasteiger partial charge in [-0.1, -0.05) is 20.3 Å². The SMILES string of the molecule is CC(C)CC[C@]1(CCN2C(=O)CCC2=O)CCOC(C)(C)C1. The van der Waals surface area contributed by atoms with Crippen LogP contribution >= 0.6 is 0 Å². The molecule has 2 aliphatic rings. The van der Waals surface area contributed by atoms with Gasteiger partial charge in [-0.25, -0.2) is 0 Å². The van der Waals surface area contributed by atoms with Gasteiger partial charge in [0.25, 0.3) is 0 Å². The second kappa shape index (κ2) is 6.69. The van der Waals surface area contributed by atoms with Crippen molar-refractivity contribution in [3.05, 3.63) is 0 Å². The normalized spacial score (nSPS) is 28.7. The average molecular weight is 309 g/mol. The summed E-state index contributed by atoms with van der Waals surface area (Å²) < 4.78 is 5.89. The highest BCUT2D eigenvalue weighted by Crippen LogP contribution is 2.45. The Morgan fingerprint density at radius 2 is 1.77 bits per heavy atom. The average Bonchev–Trinajstić information content (AvgIpc) is 2.73. The quantitative estimate of drug-likeness (QED) is 0.705. The zero-order valence-corrected chi connectivity index (χ0v) is 14.6. The molecule has 126 valence electrons. The molecule has 22 heavy (non-hydrogen) atoms. The summed E-state index contributed by atoms with van der Waals surface area (Å²) in [5, 5.41) is 0. The molecule has 2 aliphatic heterocycles. The third-order valence-corrected chi connectivity index (χ3v) is 5.20. The molecule has 1 atom stereocenters. The lowest BCUT2D eigenvalue weighted by Gasteiger charge is -2.46.